The second kappa shape index (κ2) is 6.92. The Morgan fingerprint density at radius 2 is 1.94 bits per heavy atom. The summed E-state index contributed by atoms with van der Waals surface area (Å²) < 4.78 is 25.9. The van der Waals surface area contributed by atoms with Crippen LogP contribution in [-0.2, 0) is 10.0 Å². The first-order chi connectivity index (χ1) is 7.66. The highest BCUT2D eigenvalue weighted by Crippen LogP contribution is 2.29. The van der Waals surface area contributed by atoms with Gasteiger partial charge in [-0.1, -0.05) is 0 Å². The first-order valence-electron chi connectivity index (χ1n) is 6.34. The lowest BCUT2D eigenvalue weighted by Crippen LogP contribution is -2.34. The Hall–Kier alpha value is 0.160. The third kappa shape index (κ3) is 6.04. The smallest absolute Gasteiger partial charge is 0.211 e. The third-order valence-electron chi connectivity index (χ3n) is 3.43. The second-order valence-corrected chi connectivity index (χ2v) is 6.97. The maximum absolute atomic E-state index is 11.6. The van der Waals surface area contributed by atoms with Gasteiger partial charge in [-0.2, -0.15) is 0 Å². The van der Waals surface area contributed by atoms with Crippen molar-refractivity contribution in [3.63, 3.8) is 0 Å². The maximum atomic E-state index is 11.6. The number of piperidine rings is 1. The van der Waals surface area contributed by atoms with Gasteiger partial charge in [0.25, 0.3) is 0 Å². The molecule has 4 nitrogen and oxygen atoms in total. The number of nitrogens with one attached hydrogen (secondary N) is 2. The first kappa shape index (κ1) is 15.2. The molecule has 1 heterocycles. The molecule has 102 valence electrons. The van der Waals surface area contributed by atoms with Crippen molar-refractivity contribution in [3.8, 4) is 0 Å². The summed E-state index contributed by atoms with van der Waals surface area (Å²) in [5.74, 6) is 1.43. The van der Waals surface area contributed by atoms with E-state index in [4.69, 9.17) is 0 Å². The van der Waals surface area contributed by atoms with Gasteiger partial charge in [0, 0.05) is 6.54 Å². The molecule has 6 heteroatoms. The summed E-state index contributed by atoms with van der Waals surface area (Å²) in [6, 6.07) is 0. The first-order valence-corrected chi connectivity index (χ1v) is 7.99. The van der Waals surface area contributed by atoms with Crippen molar-refractivity contribution in [1.82, 2.24) is 10.0 Å². The molecule has 0 radical (unpaired) electrons. The highest BCUT2D eigenvalue weighted by molar-refractivity contribution is 7.89. The lowest BCUT2D eigenvalue weighted by Gasteiger charge is -2.22. The van der Waals surface area contributed by atoms with E-state index in [0.717, 1.165) is 32.4 Å². The van der Waals surface area contributed by atoms with Crippen LogP contribution < -0.4 is 10.0 Å². The number of hydrogen-bond acceptors (Lipinski definition) is 3. The molecule has 0 bridgehead atoms. The Labute approximate surface area is 110 Å². The highest BCUT2D eigenvalue weighted by Gasteiger charge is 2.27. The molecule has 0 amide bonds. The topological polar surface area (TPSA) is 58.2 Å². The lowest BCUT2D eigenvalue weighted by atomic mass is 9.96. The number of rotatable bonds is 6. The molecule has 0 aromatic heterocycles. The van der Waals surface area contributed by atoms with Crippen LogP contribution in [0.3, 0.4) is 0 Å². The molecule has 1 saturated heterocycles. The predicted octanol–water partition coefficient (Wildman–Crippen LogP) is 1.13. The van der Waals surface area contributed by atoms with E-state index in [1.165, 1.54) is 12.8 Å². The van der Waals surface area contributed by atoms with E-state index in [2.05, 4.69) is 10.0 Å². The number of sulfonamides is 1. The molecular formula is C11H23ClN2O2S. The van der Waals surface area contributed by atoms with Crippen molar-refractivity contribution < 1.29 is 8.42 Å². The maximum Gasteiger partial charge on any atom is 0.211 e. The van der Waals surface area contributed by atoms with Crippen LogP contribution in [0.4, 0.5) is 0 Å². The second-order valence-electron chi connectivity index (χ2n) is 5.12. The van der Waals surface area contributed by atoms with Crippen molar-refractivity contribution in [3.05, 3.63) is 0 Å². The van der Waals surface area contributed by atoms with E-state index in [-0.39, 0.29) is 12.4 Å². The summed E-state index contributed by atoms with van der Waals surface area (Å²) in [5, 5.41) is 3.35. The monoisotopic (exact) mass is 282 g/mol. The van der Waals surface area contributed by atoms with Gasteiger partial charge in [0.1, 0.15) is 0 Å². The zero-order valence-corrected chi connectivity index (χ0v) is 11.8. The number of halogens is 1. The van der Waals surface area contributed by atoms with E-state index >= 15 is 0 Å². The van der Waals surface area contributed by atoms with E-state index in [1.54, 1.807) is 0 Å². The van der Waals surface area contributed by atoms with Gasteiger partial charge in [0.2, 0.25) is 10.0 Å². The van der Waals surface area contributed by atoms with E-state index < -0.39 is 10.0 Å². The van der Waals surface area contributed by atoms with Gasteiger partial charge in [-0.25, -0.2) is 13.1 Å². The molecule has 1 aliphatic heterocycles. The Kier molecular flexibility index (Phi) is 6.20. The molecule has 1 unspecified atom stereocenters. The van der Waals surface area contributed by atoms with Crippen LogP contribution in [-0.4, -0.2) is 33.8 Å². The summed E-state index contributed by atoms with van der Waals surface area (Å²) in [4.78, 5) is 0. The quantitative estimate of drug-likeness (QED) is 0.768. The summed E-state index contributed by atoms with van der Waals surface area (Å²) in [7, 11) is -2.99. The van der Waals surface area contributed by atoms with Crippen LogP contribution in [0.25, 0.3) is 0 Å². The number of hydrogen-bond donors (Lipinski definition) is 2. The molecular weight excluding hydrogens is 260 g/mol. The minimum Gasteiger partial charge on any atom is -0.316 e. The van der Waals surface area contributed by atoms with Gasteiger partial charge < -0.3 is 5.32 Å². The van der Waals surface area contributed by atoms with Gasteiger partial charge >= 0.3 is 0 Å². The Balaban J connectivity index is 0.00000144. The van der Waals surface area contributed by atoms with Gasteiger partial charge in [0.15, 0.2) is 0 Å². The van der Waals surface area contributed by atoms with Gasteiger partial charge in [-0.05, 0) is 57.0 Å². The van der Waals surface area contributed by atoms with Crippen molar-refractivity contribution in [2.24, 2.45) is 11.8 Å². The van der Waals surface area contributed by atoms with Crippen molar-refractivity contribution in [1.29, 1.82) is 0 Å². The van der Waals surface area contributed by atoms with E-state index in [1.807, 2.05) is 0 Å². The molecule has 0 aromatic carbocycles. The molecule has 2 rings (SSSR count). The highest BCUT2D eigenvalue weighted by atomic mass is 35.5. The van der Waals surface area contributed by atoms with Crippen LogP contribution in [0.2, 0.25) is 0 Å². The SMILES string of the molecule is Cl.O=S(=O)(CC1CC1)NCCC1CCCNC1. The zero-order chi connectivity index (χ0) is 11.4. The van der Waals surface area contributed by atoms with E-state index in [0.29, 0.717) is 24.1 Å². The third-order valence-corrected chi connectivity index (χ3v) is 4.98. The van der Waals surface area contributed by atoms with Crippen molar-refractivity contribution >= 4 is 22.4 Å². The zero-order valence-electron chi connectivity index (χ0n) is 10.2. The van der Waals surface area contributed by atoms with Crippen LogP contribution in [0.15, 0.2) is 0 Å². The molecule has 1 atom stereocenters. The van der Waals surface area contributed by atoms with Crippen LogP contribution in [0.5, 0.6) is 0 Å². The van der Waals surface area contributed by atoms with E-state index in [9.17, 15) is 8.42 Å². The summed E-state index contributed by atoms with van der Waals surface area (Å²) >= 11 is 0. The molecule has 1 aliphatic carbocycles. The van der Waals surface area contributed by atoms with Crippen LogP contribution in [0.1, 0.15) is 32.1 Å². The Morgan fingerprint density at radius 1 is 1.18 bits per heavy atom. The fraction of sp³-hybridized carbons (Fsp3) is 1.00. The lowest BCUT2D eigenvalue weighted by molar-refractivity contribution is 0.358. The minimum absolute atomic E-state index is 0. The van der Waals surface area contributed by atoms with Crippen LogP contribution >= 0.6 is 12.4 Å². The molecule has 0 spiro atoms. The van der Waals surface area contributed by atoms with Crippen LogP contribution in [0, 0.1) is 11.8 Å². The average Bonchev–Trinajstić information content (AvgIpc) is 3.02. The normalized spacial score (nSPS) is 25.3. The Morgan fingerprint density at radius 3 is 2.53 bits per heavy atom. The largest absolute Gasteiger partial charge is 0.316 e. The standard InChI is InChI=1S/C11H22N2O2S.ClH/c14-16(15,9-11-3-4-11)13-7-5-10-2-1-6-12-8-10;/h10-13H,1-9H2;1H. The van der Waals surface area contributed by atoms with Crippen molar-refractivity contribution in [2.45, 2.75) is 32.1 Å². The predicted molar refractivity (Wildman–Crippen MR) is 72.0 cm³/mol. The molecule has 0 aromatic rings. The summed E-state index contributed by atoms with van der Waals surface area (Å²) in [6.45, 7) is 2.77. The minimum atomic E-state index is -2.99. The van der Waals surface area contributed by atoms with Gasteiger partial charge in [-0.15, -0.1) is 12.4 Å². The summed E-state index contributed by atoms with van der Waals surface area (Å²) in [6.07, 6.45) is 5.61. The Bertz CT molecular complexity index is 311. The summed E-state index contributed by atoms with van der Waals surface area (Å²) in [5.41, 5.74) is 0. The molecule has 2 N–H and O–H groups in total. The average molecular weight is 283 g/mol. The molecule has 1 saturated carbocycles. The molecule has 17 heavy (non-hydrogen) atoms. The fourth-order valence-corrected chi connectivity index (χ4v) is 3.74. The van der Waals surface area contributed by atoms with Gasteiger partial charge in [-0.3, -0.25) is 0 Å². The van der Waals surface area contributed by atoms with Gasteiger partial charge in [0.05, 0.1) is 5.75 Å². The molecule has 2 aliphatic rings. The molecule has 2 fully saturated rings. The van der Waals surface area contributed by atoms with Crippen molar-refractivity contribution in [2.75, 3.05) is 25.4 Å². The fourth-order valence-electron chi connectivity index (χ4n) is 2.24.